The summed E-state index contributed by atoms with van der Waals surface area (Å²) in [5, 5.41) is 0. The molecule has 0 bridgehead atoms. The van der Waals surface area contributed by atoms with Gasteiger partial charge in [0.25, 0.3) is 5.56 Å². The molecule has 0 saturated carbocycles. The summed E-state index contributed by atoms with van der Waals surface area (Å²) in [6.07, 6.45) is -4.29. The molecular formula is C22H25F3N2O4. The number of halogens is 3. The van der Waals surface area contributed by atoms with Crippen molar-refractivity contribution in [3.8, 4) is 5.75 Å². The number of carbonyl (C=O) groups is 1. The molecule has 0 N–H and O–H groups in total. The van der Waals surface area contributed by atoms with Crippen LogP contribution in [0, 0.1) is 0 Å². The molecular weight excluding hydrogens is 413 g/mol. The van der Waals surface area contributed by atoms with Crippen molar-refractivity contribution in [3.05, 3.63) is 63.1 Å². The molecule has 0 radical (unpaired) electrons. The van der Waals surface area contributed by atoms with Gasteiger partial charge in [0.1, 0.15) is 11.3 Å². The number of pyridine rings is 1. The molecule has 1 aliphatic rings. The first-order valence-corrected chi connectivity index (χ1v) is 10.0. The minimum absolute atomic E-state index is 0.185. The van der Waals surface area contributed by atoms with E-state index in [1.54, 1.807) is 19.9 Å². The van der Waals surface area contributed by atoms with Gasteiger partial charge in [0.05, 0.1) is 18.8 Å². The number of hydrogen-bond acceptors (Lipinski definition) is 5. The predicted molar refractivity (Wildman–Crippen MR) is 108 cm³/mol. The minimum Gasteiger partial charge on any atom is -0.490 e. The number of benzene rings is 1. The Hall–Kier alpha value is -2.81. The van der Waals surface area contributed by atoms with Crippen LogP contribution in [-0.4, -0.2) is 41.7 Å². The van der Waals surface area contributed by atoms with Crippen molar-refractivity contribution in [2.24, 2.45) is 0 Å². The Morgan fingerprint density at radius 1 is 1.16 bits per heavy atom. The molecule has 0 fully saturated rings. The van der Waals surface area contributed by atoms with E-state index in [-0.39, 0.29) is 23.0 Å². The van der Waals surface area contributed by atoms with E-state index in [0.717, 1.165) is 12.1 Å². The lowest BCUT2D eigenvalue weighted by Crippen LogP contribution is -2.29. The molecule has 2 aromatic rings. The Labute approximate surface area is 178 Å². The molecule has 0 unspecified atom stereocenters. The molecule has 1 aromatic carbocycles. The fraction of sp³-hybridized carbons (Fsp3) is 0.455. The molecule has 0 atom stereocenters. The number of methoxy groups -OCH3 is 1. The number of rotatable bonds is 5. The molecule has 0 spiro atoms. The maximum Gasteiger partial charge on any atom is 0.416 e. The van der Waals surface area contributed by atoms with Crippen LogP contribution in [0.5, 0.6) is 5.75 Å². The van der Waals surface area contributed by atoms with E-state index < -0.39 is 17.7 Å². The number of nitrogens with zero attached hydrogens (tertiary/aromatic N) is 2. The Kier molecular flexibility index (Phi) is 6.74. The van der Waals surface area contributed by atoms with Gasteiger partial charge in [0.15, 0.2) is 0 Å². The van der Waals surface area contributed by atoms with Crippen molar-refractivity contribution < 1.29 is 27.4 Å². The molecule has 0 aliphatic carbocycles. The Morgan fingerprint density at radius 3 is 2.55 bits per heavy atom. The van der Waals surface area contributed by atoms with E-state index in [1.807, 2.05) is 4.90 Å². The average Bonchev–Trinajstić information content (AvgIpc) is 2.90. The highest BCUT2D eigenvalue weighted by atomic mass is 19.4. The lowest BCUT2D eigenvalue weighted by Gasteiger charge is -2.20. The summed E-state index contributed by atoms with van der Waals surface area (Å²) < 4.78 is 51.2. The van der Waals surface area contributed by atoms with Crippen molar-refractivity contribution in [2.45, 2.75) is 45.6 Å². The van der Waals surface area contributed by atoms with E-state index >= 15 is 0 Å². The number of carbonyl (C=O) groups excluding carboxylic acids is 1. The predicted octanol–water partition coefficient (Wildman–Crippen LogP) is 3.50. The first-order chi connectivity index (χ1) is 14.6. The van der Waals surface area contributed by atoms with Gasteiger partial charge in [-0.05, 0) is 25.5 Å². The van der Waals surface area contributed by atoms with Crippen LogP contribution >= 0.6 is 0 Å². The third-order valence-electron chi connectivity index (χ3n) is 5.10. The third-order valence-corrected chi connectivity index (χ3v) is 5.10. The first-order valence-electron chi connectivity index (χ1n) is 10.0. The van der Waals surface area contributed by atoms with Gasteiger partial charge in [0.2, 0.25) is 0 Å². The highest BCUT2D eigenvalue weighted by molar-refractivity contribution is 5.93. The molecule has 9 heteroatoms. The standard InChI is InChI=1S/C22H25F3N2O4/c1-14(2)31-18-12-19(28)27-10-9-26(8-7-17(27)20(18)21(29)30-3)13-15-5-4-6-16(11-15)22(23,24)25/h4-6,11-12,14H,7-10,13H2,1-3H3. The molecule has 168 valence electrons. The molecule has 3 rings (SSSR count). The topological polar surface area (TPSA) is 60.8 Å². The van der Waals surface area contributed by atoms with Crippen LogP contribution in [-0.2, 0) is 30.4 Å². The molecule has 1 aromatic heterocycles. The fourth-order valence-electron chi connectivity index (χ4n) is 3.72. The average molecular weight is 438 g/mol. The van der Waals surface area contributed by atoms with Gasteiger partial charge in [-0.1, -0.05) is 18.2 Å². The maximum absolute atomic E-state index is 13.0. The highest BCUT2D eigenvalue weighted by Gasteiger charge is 2.31. The van der Waals surface area contributed by atoms with Crippen molar-refractivity contribution in [2.75, 3.05) is 20.2 Å². The number of fused-ring (bicyclic) bond motifs is 1. The third kappa shape index (κ3) is 5.28. The number of aromatic nitrogens is 1. The largest absolute Gasteiger partial charge is 0.490 e. The second-order valence-electron chi connectivity index (χ2n) is 7.70. The summed E-state index contributed by atoms with van der Waals surface area (Å²) in [5.74, 6) is -0.407. The molecule has 1 aliphatic heterocycles. The maximum atomic E-state index is 13.0. The summed E-state index contributed by atoms with van der Waals surface area (Å²) >= 11 is 0. The van der Waals surface area contributed by atoms with Gasteiger partial charge in [0, 0.05) is 44.4 Å². The summed E-state index contributed by atoms with van der Waals surface area (Å²) in [5.41, 5.74) is 0.283. The fourth-order valence-corrected chi connectivity index (χ4v) is 3.72. The van der Waals surface area contributed by atoms with E-state index in [0.29, 0.717) is 43.9 Å². The van der Waals surface area contributed by atoms with Crippen LogP contribution in [0.3, 0.4) is 0 Å². The van der Waals surface area contributed by atoms with Crippen LogP contribution < -0.4 is 10.3 Å². The summed E-state index contributed by atoms with van der Waals surface area (Å²) in [4.78, 5) is 27.1. The summed E-state index contributed by atoms with van der Waals surface area (Å²) in [6, 6.07) is 6.51. The van der Waals surface area contributed by atoms with Gasteiger partial charge >= 0.3 is 12.1 Å². The van der Waals surface area contributed by atoms with Crippen molar-refractivity contribution >= 4 is 5.97 Å². The second-order valence-corrected chi connectivity index (χ2v) is 7.70. The number of alkyl halides is 3. The highest BCUT2D eigenvalue weighted by Crippen LogP contribution is 2.30. The van der Waals surface area contributed by atoms with E-state index in [2.05, 4.69) is 0 Å². The Balaban J connectivity index is 1.89. The van der Waals surface area contributed by atoms with Crippen LogP contribution in [0.1, 0.15) is 41.0 Å². The monoisotopic (exact) mass is 438 g/mol. The quantitative estimate of drug-likeness (QED) is 0.669. The van der Waals surface area contributed by atoms with Crippen molar-refractivity contribution in [1.82, 2.24) is 9.47 Å². The normalized spacial score (nSPS) is 14.8. The first kappa shape index (κ1) is 22.9. The van der Waals surface area contributed by atoms with Gasteiger partial charge in [-0.25, -0.2) is 4.79 Å². The van der Waals surface area contributed by atoms with Crippen molar-refractivity contribution in [3.63, 3.8) is 0 Å². The van der Waals surface area contributed by atoms with Gasteiger partial charge in [-0.3, -0.25) is 9.69 Å². The van der Waals surface area contributed by atoms with Gasteiger partial charge in [-0.15, -0.1) is 0 Å². The second kappa shape index (κ2) is 9.13. The van der Waals surface area contributed by atoms with E-state index in [1.165, 1.54) is 23.8 Å². The summed E-state index contributed by atoms with van der Waals surface area (Å²) in [6.45, 7) is 5.11. The van der Waals surface area contributed by atoms with E-state index in [4.69, 9.17) is 9.47 Å². The number of ether oxygens (including phenoxy) is 2. The minimum atomic E-state index is -4.40. The van der Waals surface area contributed by atoms with Crippen LogP contribution in [0.2, 0.25) is 0 Å². The molecule has 31 heavy (non-hydrogen) atoms. The lowest BCUT2D eigenvalue weighted by molar-refractivity contribution is -0.137. The molecule has 0 amide bonds. The van der Waals surface area contributed by atoms with Crippen molar-refractivity contribution in [1.29, 1.82) is 0 Å². The zero-order chi connectivity index (χ0) is 22.8. The van der Waals surface area contributed by atoms with Gasteiger partial charge in [-0.2, -0.15) is 13.2 Å². The molecule has 6 nitrogen and oxygen atoms in total. The Morgan fingerprint density at radius 2 is 1.90 bits per heavy atom. The Bertz CT molecular complexity index is 1010. The summed E-state index contributed by atoms with van der Waals surface area (Å²) in [7, 11) is 1.26. The van der Waals surface area contributed by atoms with Crippen LogP contribution in [0.4, 0.5) is 13.2 Å². The van der Waals surface area contributed by atoms with E-state index in [9.17, 15) is 22.8 Å². The van der Waals surface area contributed by atoms with Crippen LogP contribution in [0.15, 0.2) is 35.1 Å². The number of hydrogen-bond donors (Lipinski definition) is 0. The smallest absolute Gasteiger partial charge is 0.416 e. The van der Waals surface area contributed by atoms with Gasteiger partial charge < -0.3 is 14.0 Å². The lowest BCUT2D eigenvalue weighted by atomic mass is 10.1. The van der Waals surface area contributed by atoms with Crippen LogP contribution in [0.25, 0.3) is 0 Å². The zero-order valence-corrected chi connectivity index (χ0v) is 17.7. The molecule has 2 heterocycles. The zero-order valence-electron chi connectivity index (χ0n) is 17.7. The molecule has 0 saturated heterocycles. The SMILES string of the molecule is COC(=O)c1c(OC(C)C)cc(=O)n2c1CCN(Cc1cccc(C(F)(F)F)c1)CC2. The number of esters is 1.